The molecule has 106 valence electrons. The third-order valence-corrected chi connectivity index (χ3v) is 2.12. The first-order valence-electron chi connectivity index (χ1n) is 5.95. The number of primary amides is 1. The highest BCUT2D eigenvalue weighted by Gasteiger charge is 2.04. The van der Waals surface area contributed by atoms with Crippen LogP contribution in [0.2, 0.25) is 0 Å². The summed E-state index contributed by atoms with van der Waals surface area (Å²) in [5, 5.41) is 5.95. The van der Waals surface area contributed by atoms with E-state index in [-0.39, 0.29) is 6.61 Å². The lowest BCUT2D eigenvalue weighted by atomic mass is 10.4. The molecule has 0 spiro atoms. The molecule has 4 N–H and O–H groups in total. The molecule has 0 fully saturated rings. The van der Waals surface area contributed by atoms with Crippen molar-refractivity contribution in [1.82, 2.24) is 9.97 Å². The van der Waals surface area contributed by atoms with Crippen LogP contribution in [0.3, 0.4) is 0 Å². The van der Waals surface area contributed by atoms with E-state index in [0.29, 0.717) is 37.2 Å². The van der Waals surface area contributed by atoms with Crippen LogP contribution in [0.1, 0.15) is 12.7 Å². The van der Waals surface area contributed by atoms with Crippen molar-refractivity contribution in [1.29, 1.82) is 0 Å². The minimum absolute atomic E-state index is 0.176. The van der Waals surface area contributed by atoms with Crippen molar-refractivity contribution in [3.63, 3.8) is 0 Å². The minimum Gasteiger partial charge on any atom is -0.448 e. The van der Waals surface area contributed by atoms with Gasteiger partial charge in [0, 0.05) is 19.7 Å². The van der Waals surface area contributed by atoms with E-state index in [4.69, 9.17) is 10.5 Å². The molecule has 1 aromatic heterocycles. The summed E-state index contributed by atoms with van der Waals surface area (Å²) in [6.07, 6.45) is -0.794. The van der Waals surface area contributed by atoms with Crippen LogP contribution in [0, 0.1) is 0 Å². The summed E-state index contributed by atoms with van der Waals surface area (Å²) in [7, 11) is 1.77. The number of hydrogen-bond acceptors (Lipinski definition) is 7. The van der Waals surface area contributed by atoms with Crippen molar-refractivity contribution in [3.8, 4) is 0 Å². The lowest BCUT2D eigenvalue weighted by Crippen LogP contribution is -2.19. The summed E-state index contributed by atoms with van der Waals surface area (Å²) in [4.78, 5) is 18.9. The maximum atomic E-state index is 10.4. The van der Waals surface area contributed by atoms with Crippen molar-refractivity contribution in [2.75, 3.05) is 37.4 Å². The maximum absolute atomic E-state index is 10.4. The highest BCUT2D eigenvalue weighted by atomic mass is 16.5. The van der Waals surface area contributed by atoms with E-state index in [1.54, 1.807) is 13.1 Å². The normalized spacial score (nSPS) is 10.0. The Morgan fingerprint density at radius 1 is 1.42 bits per heavy atom. The third kappa shape index (κ3) is 5.87. The van der Waals surface area contributed by atoms with Crippen molar-refractivity contribution >= 4 is 17.7 Å². The van der Waals surface area contributed by atoms with E-state index in [0.717, 1.165) is 0 Å². The summed E-state index contributed by atoms with van der Waals surface area (Å²) in [6, 6.07) is 1.75. The minimum atomic E-state index is -0.794. The lowest BCUT2D eigenvalue weighted by Gasteiger charge is -2.09. The molecule has 8 heteroatoms. The standard InChI is InChI=1S/C11H19N5O3/c1-3-18-7-10-15-8(13-2)6-9(16-10)14-4-5-19-11(12)17/h6H,3-5,7H2,1-2H3,(H2,12,17)(H2,13,14,15,16). The summed E-state index contributed by atoms with van der Waals surface area (Å²) >= 11 is 0. The Labute approximate surface area is 111 Å². The van der Waals surface area contributed by atoms with E-state index in [9.17, 15) is 4.79 Å². The molecule has 0 radical (unpaired) electrons. The predicted molar refractivity (Wildman–Crippen MR) is 70.9 cm³/mol. The van der Waals surface area contributed by atoms with E-state index in [2.05, 4.69) is 25.3 Å². The van der Waals surface area contributed by atoms with Crippen LogP contribution < -0.4 is 16.4 Å². The van der Waals surface area contributed by atoms with Gasteiger partial charge in [0.2, 0.25) is 0 Å². The molecule has 0 aliphatic rings. The second-order valence-electron chi connectivity index (χ2n) is 3.54. The Bertz CT molecular complexity index is 413. The Balaban J connectivity index is 2.57. The van der Waals surface area contributed by atoms with Crippen molar-refractivity contribution in [2.24, 2.45) is 5.73 Å². The second kappa shape index (κ2) is 8.09. The molecule has 0 unspecified atom stereocenters. The first kappa shape index (κ1) is 15.0. The van der Waals surface area contributed by atoms with Crippen LogP contribution >= 0.6 is 0 Å². The average molecular weight is 269 g/mol. The van der Waals surface area contributed by atoms with Crippen LogP contribution in [-0.4, -0.2) is 42.9 Å². The van der Waals surface area contributed by atoms with E-state index < -0.39 is 6.09 Å². The largest absolute Gasteiger partial charge is 0.448 e. The van der Waals surface area contributed by atoms with E-state index in [1.165, 1.54) is 0 Å². The quantitative estimate of drug-likeness (QED) is 0.591. The highest BCUT2D eigenvalue weighted by Crippen LogP contribution is 2.11. The van der Waals surface area contributed by atoms with Gasteiger partial charge in [-0.3, -0.25) is 0 Å². The fourth-order valence-corrected chi connectivity index (χ4v) is 1.30. The number of carbonyl (C=O) groups is 1. The number of anilines is 2. The summed E-state index contributed by atoms with van der Waals surface area (Å²) in [6.45, 7) is 3.44. The van der Waals surface area contributed by atoms with Gasteiger partial charge < -0.3 is 25.8 Å². The fraction of sp³-hybridized carbons (Fsp3) is 0.545. The number of carbonyl (C=O) groups excluding carboxylic acids is 1. The number of nitrogens with zero attached hydrogens (tertiary/aromatic N) is 2. The summed E-state index contributed by atoms with van der Waals surface area (Å²) in [5.74, 6) is 1.89. The molecular weight excluding hydrogens is 250 g/mol. The van der Waals surface area contributed by atoms with Gasteiger partial charge >= 0.3 is 6.09 Å². The number of nitrogens with one attached hydrogen (secondary N) is 2. The van der Waals surface area contributed by atoms with E-state index >= 15 is 0 Å². The third-order valence-electron chi connectivity index (χ3n) is 2.12. The highest BCUT2D eigenvalue weighted by molar-refractivity contribution is 5.64. The molecule has 1 aromatic rings. The van der Waals surface area contributed by atoms with Gasteiger partial charge in [-0.2, -0.15) is 0 Å². The van der Waals surface area contributed by atoms with Gasteiger partial charge in [-0.05, 0) is 6.92 Å². The van der Waals surface area contributed by atoms with Crippen LogP contribution in [0.15, 0.2) is 6.07 Å². The Kier molecular flexibility index (Phi) is 6.37. The zero-order valence-electron chi connectivity index (χ0n) is 11.1. The number of rotatable bonds is 8. The smallest absolute Gasteiger partial charge is 0.404 e. The van der Waals surface area contributed by atoms with Crippen molar-refractivity contribution < 1.29 is 14.3 Å². The van der Waals surface area contributed by atoms with Crippen LogP contribution in [0.25, 0.3) is 0 Å². The summed E-state index contributed by atoms with van der Waals surface area (Å²) in [5.41, 5.74) is 4.86. The van der Waals surface area contributed by atoms with Crippen molar-refractivity contribution in [2.45, 2.75) is 13.5 Å². The van der Waals surface area contributed by atoms with Gasteiger partial charge in [0.15, 0.2) is 5.82 Å². The maximum Gasteiger partial charge on any atom is 0.404 e. The zero-order chi connectivity index (χ0) is 14.1. The average Bonchev–Trinajstić information content (AvgIpc) is 2.41. The number of aromatic nitrogens is 2. The first-order chi connectivity index (χ1) is 9.15. The molecule has 0 atom stereocenters. The van der Waals surface area contributed by atoms with Crippen LogP contribution in [0.5, 0.6) is 0 Å². The molecule has 0 saturated carbocycles. The second-order valence-corrected chi connectivity index (χ2v) is 3.54. The first-order valence-corrected chi connectivity index (χ1v) is 5.95. The van der Waals surface area contributed by atoms with Gasteiger partial charge in [0.05, 0.1) is 6.54 Å². The van der Waals surface area contributed by atoms with Gasteiger partial charge in [0.25, 0.3) is 0 Å². The van der Waals surface area contributed by atoms with Gasteiger partial charge in [-0.1, -0.05) is 0 Å². The molecule has 1 amide bonds. The number of amides is 1. The van der Waals surface area contributed by atoms with Gasteiger partial charge in [-0.25, -0.2) is 14.8 Å². The molecule has 1 rings (SSSR count). The molecule has 0 aliphatic heterocycles. The SMILES string of the molecule is CCOCc1nc(NC)cc(NCCOC(N)=O)n1. The number of hydrogen-bond donors (Lipinski definition) is 3. The fourth-order valence-electron chi connectivity index (χ4n) is 1.30. The molecule has 0 bridgehead atoms. The van der Waals surface area contributed by atoms with E-state index in [1.807, 2.05) is 6.92 Å². The number of ether oxygens (including phenoxy) is 2. The molecule has 0 saturated heterocycles. The monoisotopic (exact) mass is 269 g/mol. The molecule has 0 aromatic carbocycles. The predicted octanol–water partition coefficient (Wildman–Crippen LogP) is 0.562. The number of nitrogens with two attached hydrogens (primary N) is 1. The van der Waals surface area contributed by atoms with Crippen LogP contribution in [-0.2, 0) is 16.1 Å². The van der Waals surface area contributed by atoms with Crippen LogP contribution in [0.4, 0.5) is 16.4 Å². The Hall–Kier alpha value is -2.09. The lowest BCUT2D eigenvalue weighted by molar-refractivity contribution is 0.128. The van der Waals surface area contributed by atoms with Crippen molar-refractivity contribution in [3.05, 3.63) is 11.9 Å². The molecule has 1 heterocycles. The summed E-state index contributed by atoms with van der Waals surface area (Å²) < 4.78 is 9.87. The Morgan fingerprint density at radius 2 is 2.16 bits per heavy atom. The van der Waals surface area contributed by atoms with Gasteiger partial charge in [-0.15, -0.1) is 0 Å². The molecule has 0 aliphatic carbocycles. The molecule has 19 heavy (non-hydrogen) atoms. The topological polar surface area (TPSA) is 111 Å². The molecule has 8 nitrogen and oxygen atoms in total. The Morgan fingerprint density at radius 3 is 2.79 bits per heavy atom. The molecular formula is C11H19N5O3. The van der Waals surface area contributed by atoms with Gasteiger partial charge in [0.1, 0.15) is 24.8 Å². The zero-order valence-corrected chi connectivity index (χ0v) is 11.1.